The summed E-state index contributed by atoms with van der Waals surface area (Å²) in [7, 11) is 0. The van der Waals surface area contributed by atoms with Gasteiger partial charge in [-0.1, -0.05) is 0 Å². The molecule has 8 unspecified atom stereocenters. The second kappa shape index (κ2) is 10.2. The molecule has 2 aliphatic heterocycles. The maximum Gasteiger partial charge on any atom is 0.187 e. The summed E-state index contributed by atoms with van der Waals surface area (Å²) in [4.78, 5) is 0. The molecule has 4 rings (SSSR count). The van der Waals surface area contributed by atoms with E-state index in [4.69, 9.17) is 14.2 Å². The molecule has 0 spiro atoms. The summed E-state index contributed by atoms with van der Waals surface area (Å²) >= 11 is 0. The first-order valence-electron chi connectivity index (χ1n) is 11.6. The minimum Gasteiger partial charge on any atom is -0.394 e. The fourth-order valence-electron chi connectivity index (χ4n) is 5.82. The van der Waals surface area contributed by atoms with Crippen LogP contribution in [0.25, 0.3) is 0 Å². The molecule has 192 valence electrons. The second-order valence-corrected chi connectivity index (χ2v) is 9.96. The number of aliphatic hydroxyl groups excluding tert-OH is 9. The molecule has 4 fully saturated rings. The highest BCUT2D eigenvalue weighted by atomic mass is 16.7. The SMILES string of the molecule is OC[C@@H]1O[C@H](OC2CC3C(O)CC(O)CC3OC2C2CC(O)C(O)C(O)C2)[C@@H](O)[C@H](O)[C@H]1O. The smallest absolute Gasteiger partial charge is 0.187 e. The zero-order valence-corrected chi connectivity index (χ0v) is 18.2. The first-order valence-corrected chi connectivity index (χ1v) is 11.6. The lowest BCUT2D eigenvalue weighted by atomic mass is 9.72. The van der Waals surface area contributed by atoms with Gasteiger partial charge in [0.25, 0.3) is 0 Å². The lowest BCUT2D eigenvalue weighted by molar-refractivity contribution is -0.333. The molecule has 12 nitrogen and oxygen atoms in total. The van der Waals surface area contributed by atoms with E-state index in [0.29, 0.717) is 6.42 Å². The van der Waals surface area contributed by atoms with E-state index in [9.17, 15) is 46.0 Å². The van der Waals surface area contributed by atoms with Crippen LogP contribution >= 0.6 is 0 Å². The highest BCUT2D eigenvalue weighted by Gasteiger charge is 2.52. The van der Waals surface area contributed by atoms with Crippen LogP contribution in [0.15, 0.2) is 0 Å². The van der Waals surface area contributed by atoms with Crippen molar-refractivity contribution in [2.24, 2.45) is 11.8 Å². The van der Waals surface area contributed by atoms with Crippen molar-refractivity contribution in [3.05, 3.63) is 0 Å². The van der Waals surface area contributed by atoms with Gasteiger partial charge in [0.05, 0.1) is 49.3 Å². The standard InChI is InChI=1S/C21H36O12/c22-6-15-17(28)18(29)19(30)21(33-15)32-14-5-9-10(24)3-8(23)4-13(9)31-20(14)7-1-11(25)16(27)12(26)2-7/h7-30H,1-6H2/t7?,8?,9?,10?,11?,12?,13?,14?,15-,16?,17-,18+,19-,20?,21-/m0/s1. The normalized spacial score (nSPS) is 55.7. The Balaban J connectivity index is 1.56. The van der Waals surface area contributed by atoms with Crippen molar-refractivity contribution in [2.45, 2.75) is 112 Å². The van der Waals surface area contributed by atoms with Gasteiger partial charge in [0.15, 0.2) is 6.29 Å². The molecule has 13 atom stereocenters. The maximum atomic E-state index is 10.5. The van der Waals surface area contributed by atoms with E-state index in [2.05, 4.69) is 0 Å². The molecule has 0 aromatic carbocycles. The zero-order valence-electron chi connectivity index (χ0n) is 18.2. The topological polar surface area (TPSA) is 210 Å². The molecule has 0 bridgehead atoms. The van der Waals surface area contributed by atoms with Crippen molar-refractivity contribution in [2.75, 3.05) is 6.61 Å². The molecule has 4 aliphatic rings. The summed E-state index contributed by atoms with van der Waals surface area (Å²) in [5, 5.41) is 90.9. The highest BCUT2D eigenvalue weighted by Crippen LogP contribution is 2.43. The molecule has 0 aromatic rings. The van der Waals surface area contributed by atoms with Gasteiger partial charge in [0.1, 0.15) is 30.5 Å². The number of hydrogen-bond donors (Lipinski definition) is 9. The predicted molar refractivity (Wildman–Crippen MR) is 107 cm³/mol. The van der Waals surface area contributed by atoms with Crippen molar-refractivity contribution in [1.29, 1.82) is 0 Å². The number of fused-ring (bicyclic) bond motifs is 1. The third-order valence-corrected chi connectivity index (χ3v) is 7.69. The molecule has 0 radical (unpaired) electrons. The van der Waals surface area contributed by atoms with Crippen LogP contribution in [0.1, 0.15) is 32.1 Å². The van der Waals surface area contributed by atoms with Gasteiger partial charge < -0.3 is 60.2 Å². The van der Waals surface area contributed by atoms with Gasteiger partial charge >= 0.3 is 0 Å². The lowest BCUT2D eigenvalue weighted by Gasteiger charge is -2.51. The van der Waals surface area contributed by atoms with Crippen molar-refractivity contribution in [1.82, 2.24) is 0 Å². The van der Waals surface area contributed by atoms with Gasteiger partial charge in [-0.05, 0) is 38.0 Å². The van der Waals surface area contributed by atoms with Gasteiger partial charge in [-0.15, -0.1) is 0 Å². The molecule has 2 aliphatic carbocycles. The van der Waals surface area contributed by atoms with Gasteiger partial charge in [-0.3, -0.25) is 0 Å². The van der Waals surface area contributed by atoms with E-state index in [-0.39, 0.29) is 31.6 Å². The number of ether oxygens (including phenoxy) is 3. The predicted octanol–water partition coefficient (Wildman–Crippen LogP) is -4.05. The van der Waals surface area contributed by atoms with Crippen molar-refractivity contribution in [3.8, 4) is 0 Å². The Morgan fingerprint density at radius 3 is 1.97 bits per heavy atom. The summed E-state index contributed by atoms with van der Waals surface area (Å²) in [5.74, 6) is -0.839. The minimum absolute atomic E-state index is 0.111. The Kier molecular flexibility index (Phi) is 7.95. The van der Waals surface area contributed by atoms with E-state index >= 15 is 0 Å². The van der Waals surface area contributed by atoms with Crippen LogP contribution in [0.2, 0.25) is 0 Å². The molecule has 0 aromatic heterocycles. The van der Waals surface area contributed by atoms with Gasteiger partial charge in [0, 0.05) is 5.92 Å². The quantitative estimate of drug-likeness (QED) is 0.188. The van der Waals surface area contributed by atoms with Crippen LogP contribution < -0.4 is 0 Å². The van der Waals surface area contributed by atoms with Gasteiger partial charge in [-0.25, -0.2) is 0 Å². The lowest BCUT2D eigenvalue weighted by Crippen LogP contribution is -2.62. The monoisotopic (exact) mass is 480 g/mol. The Hall–Kier alpha value is -0.480. The maximum absolute atomic E-state index is 10.5. The van der Waals surface area contributed by atoms with Crippen LogP contribution in [0, 0.1) is 11.8 Å². The van der Waals surface area contributed by atoms with Crippen molar-refractivity contribution >= 4 is 0 Å². The molecule has 2 heterocycles. The Morgan fingerprint density at radius 1 is 0.667 bits per heavy atom. The third-order valence-electron chi connectivity index (χ3n) is 7.69. The van der Waals surface area contributed by atoms with Crippen LogP contribution in [-0.2, 0) is 14.2 Å². The Bertz CT molecular complexity index is 639. The summed E-state index contributed by atoms with van der Waals surface area (Å²) < 4.78 is 17.7. The summed E-state index contributed by atoms with van der Waals surface area (Å²) in [5.41, 5.74) is 0. The molecule has 0 amide bonds. The summed E-state index contributed by atoms with van der Waals surface area (Å²) in [6.45, 7) is -0.615. The molecular formula is C21H36O12. The van der Waals surface area contributed by atoms with E-state index in [1.165, 1.54) is 0 Å². The zero-order chi connectivity index (χ0) is 24.0. The van der Waals surface area contributed by atoms with Gasteiger partial charge in [-0.2, -0.15) is 0 Å². The van der Waals surface area contributed by atoms with Crippen molar-refractivity contribution < 1.29 is 60.2 Å². The second-order valence-electron chi connectivity index (χ2n) is 9.96. The van der Waals surface area contributed by atoms with Gasteiger partial charge in [0.2, 0.25) is 0 Å². The summed E-state index contributed by atoms with van der Waals surface area (Å²) in [6, 6.07) is 0. The minimum atomic E-state index is -1.62. The molecule has 9 N–H and O–H groups in total. The van der Waals surface area contributed by atoms with Crippen LogP contribution in [0.4, 0.5) is 0 Å². The molecular weight excluding hydrogens is 444 g/mol. The van der Waals surface area contributed by atoms with Crippen LogP contribution in [0.3, 0.4) is 0 Å². The fourth-order valence-corrected chi connectivity index (χ4v) is 5.82. The Labute approximate surface area is 191 Å². The van der Waals surface area contributed by atoms with E-state index < -0.39 is 92.1 Å². The van der Waals surface area contributed by atoms with E-state index in [1.54, 1.807) is 0 Å². The summed E-state index contributed by atoms with van der Waals surface area (Å²) in [6.07, 6.45) is -13.7. The molecule has 2 saturated carbocycles. The number of aliphatic hydroxyl groups is 9. The molecule has 33 heavy (non-hydrogen) atoms. The van der Waals surface area contributed by atoms with Crippen molar-refractivity contribution in [3.63, 3.8) is 0 Å². The number of rotatable bonds is 4. The third kappa shape index (κ3) is 5.08. The first-order chi connectivity index (χ1) is 15.6. The molecule has 2 saturated heterocycles. The van der Waals surface area contributed by atoms with Crippen LogP contribution in [0.5, 0.6) is 0 Å². The van der Waals surface area contributed by atoms with E-state index in [0.717, 1.165) is 0 Å². The Morgan fingerprint density at radius 2 is 1.33 bits per heavy atom. The fraction of sp³-hybridized carbons (Fsp3) is 1.00. The largest absolute Gasteiger partial charge is 0.394 e. The highest BCUT2D eigenvalue weighted by molar-refractivity contribution is 5.00. The van der Waals surface area contributed by atoms with E-state index in [1.807, 2.05) is 0 Å². The average molecular weight is 481 g/mol. The average Bonchev–Trinajstić information content (AvgIpc) is 2.77. The number of hydrogen-bond acceptors (Lipinski definition) is 12. The first kappa shape index (κ1) is 25.6. The van der Waals surface area contributed by atoms with Crippen LogP contribution in [-0.4, -0.2) is 132 Å². The molecule has 12 heteroatoms.